The first-order chi connectivity index (χ1) is 14.7. The van der Waals surface area contributed by atoms with Crippen LogP contribution in [0.25, 0.3) is 10.2 Å². The second-order valence-electron chi connectivity index (χ2n) is 6.56. The molecule has 30 heavy (non-hydrogen) atoms. The number of carbonyl (C=O) groups excluding carboxylic acids is 1. The van der Waals surface area contributed by atoms with Crippen molar-refractivity contribution in [1.29, 1.82) is 0 Å². The summed E-state index contributed by atoms with van der Waals surface area (Å²) in [6.07, 6.45) is 3.71. The molecule has 2 heterocycles. The number of aromatic nitrogens is 2. The fourth-order valence-corrected chi connectivity index (χ4v) is 4.04. The summed E-state index contributed by atoms with van der Waals surface area (Å²) >= 11 is 1.47. The molecule has 0 bridgehead atoms. The fourth-order valence-electron chi connectivity index (χ4n) is 3.04. The van der Waals surface area contributed by atoms with Crippen LogP contribution in [0.15, 0.2) is 73.1 Å². The summed E-state index contributed by atoms with van der Waals surface area (Å²) in [5, 5.41) is 0.628. The van der Waals surface area contributed by atoms with E-state index in [1.807, 2.05) is 60.7 Å². The van der Waals surface area contributed by atoms with Gasteiger partial charge in [0.05, 0.1) is 31.4 Å². The zero-order chi connectivity index (χ0) is 20.8. The molecule has 2 aromatic carbocycles. The van der Waals surface area contributed by atoms with Gasteiger partial charge in [0.1, 0.15) is 17.0 Å². The maximum Gasteiger partial charge on any atom is 0.232 e. The van der Waals surface area contributed by atoms with Gasteiger partial charge in [0.15, 0.2) is 5.13 Å². The maximum atomic E-state index is 13.1. The van der Waals surface area contributed by atoms with E-state index in [0.717, 1.165) is 21.5 Å². The monoisotopic (exact) mass is 419 g/mol. The van der Waals surface area contributed by atoms with E-state index in [9.17, 15) is 4.79 Å². The normalized spacial score (nSPS) is 10.7. The molecule has 0 radical (unpaired) electrons. The Morgan fingerprint density at radius 1 is 1.07 bits per heavy atom. The van der Waals surface area contributed by atoms with Crippen molar-refractivity contribution in [3.05, 3.63) is 78.6 Å². The van der Waals surface area contributed by atoms with Gasteiger partial charge in [-0.3, -0.25) is 14.7 Å². The lowest BCUT2D eigenvalue weighted by Gasteiger charge is -2.20. The van der Waals surface area contributed by atoms with Crippen LogP contribution in [0.1, 0.15) is 12.0 Å². The highest BCUT2D eigenvalue weighted by molar-refractivity contribution is 7.22. The Bertz CT molecular complexity index is 1120. The zero-order valence-corrected chi connectivity index (χ0v) is 17.3. The van der Waals surface area contributed by atoms with Crippen molar-refractivity contribution in [3.8, 4) is 11.5 Å². The molecule has 0 aliphatic carbocycles. The maximum absolute atomic E-state index is 13.1. The van der Waals surface area contributed by atoms with Crippen LogP contribution in [0.3, 0.4) is 0 Å². The first-order valence-corrected chi connectivity index (χ1v) is 10.4. The lowest BCUT2D eigenvalue weighted by Crippen LogP contribution is -2.31. The van der Waals surface area contributed by atoms with E-state index < -0.39 is 0 Å². The molecule has 0 saturated carbocycles. The molecule has 4 rings (SSSR count). The summed E-state index contributed by atoms with van der Waals surface area (Å²) in [5.74, 6) is 1.37. The number of thiazole rings is 1. The number of hydrogen-bond acceptors (Lipinski definition) is 6. The van der Waals surface area contributed by atoms with E-state index in [2.05, 4.69) is 4.98 Å². The van der Waals surface area contributed by atoms with Gasteiger partial charge in [-0.25, -0.2) is 4.98 Å². The van der Waals surface area contributed by atoms with Gasteiger partial charge in [0, 0.05) is 12.4 Å². The summed E-state index contributed by atoms with van der Waals surface area (Å²) in [4.78, 5) is 23.7. The van der Waals surface area contributed by atoms with Crippen molar-refractivity contribution in [2.75, 3.05) is 18.6 Å². The van der Waals surface area contributed by atoms with Crippen LogP contribution in [0, 0.1) is 0 Å². The third-order valence-corrected chi connectivity index (χ3v) is 5.56. The Labute approximate surface area is 178 Å². The van der Waals surface area contributed by atoms with Gasteiger partial charge < -0.3 is 9.47 Å². The molecule has 0 N–H and O–H groups in total. The number of hydrogen-bond donors (Lipinski definition) is 0. The molecule has 0 aliphatic rings. The van der Waals surface area contributed by atoms with Crippen molar-refractivity contribution >= 4 is 32.6 Å². The number of amides is 1. The van der Waals surface area contributed by atoms with Crippen molar-refractivity contribution in [3.63, 3.8) is 0 Å². The van der Waals surface area contributed by atoms with Gasteiger partial charge in [-0.15, -0.1) is 0 Å². The van der Waals surface area contributed by atoms with Crippen LogP contribution in [0.2, 0.25) is 0 Å². The largest absolute Gasteiger partial charge is 0.494 e. The van der Waals surface area contributed by atoms with E-state index in [1.54, 1.807) is 24.4 Å². The molecule has 7 heteroatoms. The summed E-state index contributed by atoms with van der Waals surface area (Å²) in [6.45, 7) is 0.681. The summed E-state index contributed by atoms with van der Waals surface area (Å²) in [5.41, 5.74) is 1.69. The third kappa shape index (κ3) is 4.58. The van der Waals surface area contributed by atoms with Crippen molar-refractivity contribution in [1.82, 2.24) is 9.97 Å². The third-order valence-electron chi connectivity index (χ3n) is 4.51. The highest BCUT2D eigenvalue weighted by Gasteiger charge is 2.21. The molecule has 4 aromatic rings. The van der Waals surface area contributed by atoms with E-state index in [1.165, 1.54) is 11.3 Å². The van der Waals surface area contributed by atoms with Crippen molar-refractivity contribution < 1.29 is 14.3 Å². The smallest absolute Gasteiger partial charge is 0.232 e. The lowest BCUT2D eigenvalue weighted by molar-refractivity contribution is -0.119. The number of para-hydroxylation sites is 2. The molecule has 6 nitrogen and oxygen atoms in total. The highest BCUT2D eigenvalue weighted by atomic mass is 32.1. The van der Waals surface area contributed by atoms with Gasteiger partial charge >= 0.3 is 0 Å². The molecule has 152 valence electrons. The highest BCUT2D eigenvalue weighted by Crippen LogP contribution is 2.34. The van der Waals surface area contributed by atoms with E-state index >= 15 is 0 Å². The van der Waals surface area contributed by atoms with Crippen LogP contribution in [-0.4, -0.2) is 29.6 Å². The van der Waals surface area contributed by atoms with Gasteiger partial charge in [-0.2, -0.15) is 0 Å². The topological polar surface area (TPSA) is 64.5 Å². The van der Waals surface area contributed by atoms with Gasteiger partial charge in [0.2, 0.25) is 5.91 Å². The predicted octanol–water partition coefficient (Wildman–Crippen LogP) is 4.70. The molecule has 0 spiro atoms. The zero-order valence-electron chi connectivity index (χ0n) is 16.5. The fraction of sp³-hybridized carbons (Fsp3) is 0.174. The molecule has 0 fully saturated rings. The molecule has 0 unspecified atom stereocenters. The molecule has 0 saturated heterocycles. The number of rotatable bonds is 8. The quantitative estimate of drug-likeness (QED) is 0.414. The number of nitrogens with zero attached hydrogens (tertiary/aromatic N) is 3. The average molecular weight is 420 g/mol. The van der Waals surface area contributed by atoms with Gasteiger partial charge in [-0.1, -0.05) is 41.7 Å². The Hall–Kier alpha value is -3.45. The molecule has 0 aliphatic heterocycles. The Morgan fingerprint density at radius 2 is 1.93 bits per heavy atom. The Balaban J connectivity index is 1.57. The van der Waals surface area contributed by atoms with Crippen LogP contribution in [0.5, 0.6) is 11.5 Å². The lowest BCUT2D eigenvalue weighted by atomic mass is 10.2. The van der Waals surface area contributed by atoms with E-state index in [-0.39, 0.29) is 12.3 Å². The summed E-state index contributed by atoms with van der Waals surface area (Å²) in [7, 11) is 1.62. The number of carbonyl (C=O) groups is 1. The van der Waals surface area contributed by atoms with E-state index in [0.29, 0.717) is 24.0 Å². The standard InChI is InChI=1S/C23H21N3O3S/c1-28-19-10-5-11-20-22(19)25-23(30-20)26(16-17-7-6-13-24-15-17)21(27)12-14-29-18-8-3-2-4-9-18/h2-11,13,15H,12,14,16H2,1H3. The SMILES string of the molecule is COc1cccc2sc(N(Cc3cccnc3)C(=O)CCOc3ccccc3)nc12. The average Bonchev–Trinajstić information content (AvgIpc) is 3.23. The molecule has 0 atom stereocenters. The van der Waals surface area contributed by atoms with Crippen LogP contribution >= 0.6 is 11.3 Å². The van der Waals surface area contributed by atoms with Crippen molar-refractivity contribution in [2.45, 2.75) is 13.0 Å². The molecule has 1 amide bonds. The number of benzene rings is 2. The number of ether oxygens (including phenoxy) is 2. The van der Waals surface area contributed by atoms with Crippen molar-refractivity contribution in [2.24, 2.45) is 0 Å². The molecular formula is C23H21N3O3S. The number of fused-ring (bicyclic) bond motifs is 1. The number of pyridine rings is 1. The number of anilines is 1. The van der Waals surface area contributed by atoms with Gasteiger partial charge in [0.25, 0.3) is 0 Å². The second-order valence-corrected chi connectivity index (χ2v) is 7.57. The molecular weight excluding hydrogens is 398 g/mol. The minimum absolute atomic E-state index is 0.0622. The minimum Gasteiger partial charge on any atom is -0.494 e. The van der Waals surface area contributed by atoms with Crippen LogP contribution in [-0.2, 0) is 11.3 Å². The number of methoxy groups -OCH3 is 1. The first kappa shape index (κ1) is 19.8. The Morgan fingerprint density at radius 3 is 2.70 bits per heavy atom. The predicted molar refractivity (Wildman–Crippen MR) is 118 cm³/mol. The summed E-state index contributed by atoms with van der Waals surface area (Å²) in [6, 6.07) is 19.0. The van der Waals surface area contributed by atoms with Gasteiger partial charge in [-0.05, 0) is 35.9 Å². The minimum atomic E-state index is -0.0622. The first-order valence-electron chi connectivity index (χ1n) is 9.55. The summed E-state index contributed by atoms with van der Waals surface area (Å²) < 4.78 is 12.1. The molecule has 2 aromatic heterocycles. The second kappa shape index (κ2) is 9.37. The van der Waals surface area contributed by atoms with E-state index in [4.69, 9.17) is 14.5 Å². The van der Waals surface area contributed by atoms with Crippen LogP contribution < -0.4 is 14.4 Å². The van der Waals surface area contributed by atoms with Crippen LogP contribution in [0.4, 0.5) is 5.13 Å². The Kier molecular flexibility index (Phi) is 6.20.